The van der Waals surface area contributed by atoms with E-state index in [2.05, 4.69) is 43.4 Å². The summed E-state index contributed by atoms with van der Waals surface area (Å²) in [5, 5.41) is 4.70. The summed E-state index contributed by atoms with van der Waals surface area (Å²) < 4.78 is 0. The summed E-state index contributed by atoms with van der Waals surface area (Å²) in [4.78, 5) is 0. The molecule has 3 heteroatoms. The van der Waals surface area contributed by atoms with Crippen molar-refractivity contribution in [2.24, 2.45) is 0 Å². The Labute approximate surface area is 124 Å². The maximum absolute atomic E-state index is 5.98. The molecular formula is C16H17Cl2N. The molecule has 0 saturated heterocycles. The van der Waals surface area contributed by atoms with Crippen LogP contribution in [0.15, 0.2) is 42.5 Å². The fraction of sp³-hybridized carbons (Fsp3) is 0.250. The Bertz CT molecular complexity index is 527. The van der Waals surface area contributed by atoms with Crippen molar-refractivity contribution in [3.05, 3.63) is 63.6 Å². The fourth-order valence-corrected chi connectivity index (χ4v) is 2.47. The summed E-state index contributed by atoms with van der Waals surface area (Å²) in [6.07, 6.45) is 0. The second-order valence-electron chi connectivity index (χ2n) is 4.91. The molecule has 0 spiro atoms. The molecule has 100 valence electrons. The molecule has 0 amide bonds. The van der Waals surface area contributed by atoms with Gasteiger partial charge in [0.15, 0.2) is 0 Å². The SMILES string of the molecule is CC(C)c1ccc(NCc2cc(Cl)cc(Cl)c2)cc1. The Balaban J connectivity index is 2.02. The number of hydrogen-bond donors (Lipinski definition) is 1. The Morgan fingerprint density at radius 3 is 2.05 bits per heavy atom. The van der Waals surface area contributed by atoms with Gasteiger partial charge in [0, 0.05) is 22.3 Å². The number of halogens is 2. The molecule has 0 heterocycles. The van der Waals surface area contributed by atoms with Gasteiger partial charge < -0.3 is 5.32 Å². The molecule has 2 rings (SSSR count). The van der Waals surface area contributed by atoms with E-state index < -0.39 is 0 Å². The van der Waals surface area contributed by atoms with Crippen molar-refractivity contribution < 1.29 is 0 Å². The van der Waals surface area contributed by atoms with E-state index in [0.29, 0.717) is 22.5 Å². The largest absolute Gasteiger partial charge is 0.381 e. The maximum Gasteiger partial charge on any atom is 0.0424 e. The highest BCUT2D eigenvalue weighted by atomic mass is 35.5. The van der Waals surface area contributed by atoms with Crippen molar-refractivity contribution in [2.45, 2.75) is 26.3 Å². The van der Waals surface area contributed by atoms with Crippen LogP contribution >= 0.6 is 23.2 Å². The average Bonchev–Trinajstić information content (AvgIpc) is 2.36. The lowest BCUT2D eigenvalue weighted by molar-refractivity contribution is 0.867. The van der Waals surface area contributed by atoms with Gasteiger partial charge in [0.2, 0.25) is 0 Å². The van der Waals surface area contributed by atoms with Crippen LogP contribution in [0.3, 0.4) is 0 Å². The van der Waals surface area contributed by atoms with Crippen LogP contribution in [0.5, 0.6) is 0 Å². The lowest BCUT2D eigenvalue weighted by atomic mass is 10.0. The highest BCUT2D eigenvalue weighted by Crippen LogP contribution is 2.21. The molecule has 0 fully saturated rings. The van der Waals surface area contributed by atoms with Gasteiger partial charge in [0.05, 0.1) is 0 Å². The second kappa shape index (κ2) is 6.31. The number of nitrogens with one attached hydrogen (secondary N) is 1. The van der Waals surface area contributed by atoms with Gasteiger partial charge in [-0.3, -0.25) is 0 Å². The molecular weight excluding hydrogens is 277 g/mol. The molecule has 0 atom stereocenters. The molecule has 0 aliphatic carbocycles. The third kappa shape index (κ3) is 4.15. The average molecular weight is 294 g/mol. The molecule has 0 aliphatic heterocycles. The molecule has 2 aromatic carbocycles. The van der Waals surface area contributed by atoms with Crippen LogP contribution in [0.4, 0.5) is 5.69 Å². The minimum Gasteiger partial charge on any atom is -0.381 e. The minimum absolute atomic E-state index is 0.556. The summed E-state index contributed by atoms with van der Waals surface area (Å²) in [5.41, 5.74) is 3.52. The van der Waals surface area contributed by atoms with Crippen LogP contribution in [0.25, 0.3) is 0 Å². The Morgan fingerprint density at radius 1 is 0.947 bits per heavy atom. The summed E-state index contributed by atoms with van der Waals surface area (Å²) >= 11 is 12.0. The third-order valence-corrected chi connectivity index (χ3v) is 3.43. The molecule has 0 radical (unpaired) electrons. The molecule has 2 aromatic rings. The maximum atomic E-state index is 5.98. The molecule has 0 aliphatic rings. The van der Waals surface area contributed by atoms with Gasteiger partial charge in [-0.25, -0.2) is 0 Å². The van der Waals surface area contributed by atoms with Crippen LogP contribution in [0, 0.1) is 0 Å². The van der Waals surface area contributed by atoms with Gasteiger partial charge in [0.25, 0.3) is 0 Å². The highest BCUT2D eigenvalue weighted by molar-refractivity contribution is 6.34. The van der Waals surface area contributed by atoms with E-state index in [1.165, 1.54) is 5.56 Å². The van der Waals surface area contributed by atoms with Crippen molar-refractivity contribution >= 4 is 28.9 Å². The normalized spacial score (nSPS) is 10.8. The van der Waals surface area contributed by atoms with E-state index in [0.717, 1.165) is 11.3 Å². The summed E-state index contributed by atoms with van der Waals surface area (Å²) in [7, 11) is 0. The summed E-state index contributed by atoms with van der Waals surface area (Å²) in [6, 6.07) is 14.1. The summed E-state index contributed by atoms with van der Waals surface area (Å²) in [6.45, 7) is 5.09. The second-order valence-corrected chi connectivity index (χ2v) is 5.78. The molecule has 0 saturated carbocycles. The predicted octanol–water partition coefficient (Wildman–Crippen LogP) is 5.73. The van der Waals surface area contributed by atoms with E-state index in [-0.39, 0.29) is 0 Å². The van der Waals surface area contributed by atoms with Gasteiger partial charge in [0.1, 0.15) is 0 Å². The van der Waals surface area contributed by atoms with Gasteiger partial charge in [-0.15, -0.1) is 0 Å². The molecule has 0 bridgehead atoms. The lowest BCUT2D eigenvalue weighted by Crippen LogP contribution is -1.99. The number of rotatable bonds is 4. The van der Waals surface area contributed by atoms with Crippen LogP contribution < -0.4 is 5.32 Å². The monoisotopic (exact) mass is 293 g/mol. The first-order chi connectivity index (χ1) is 9.04. The number of benzene rings is 2. The van der Waals surface area contributed by atoms with E-state index in [9.17, 15) is 0 Å². The molecule has 1 nitrogen and oxygen atoms in total. The quantitative estimate of drug-likeness (QED) is 0.759. The molecule has 0 aromatic heterocycles. The van der Waals surface area contributed by atoms with Crippen molar-refractivity contribution in [3.63, 3.8) is 0 Å². The third-order valence-electron chi connectivity index (χ3n) is 3.00. The number of anilines is 1. The first-order valence-electron chi connectivity index (χ1n) is 6.33. The van der Waals surface area contributed by atoms with Crippen molar-refractivity contribution in [2.75, 3.05) is 5.32 Å². The Hall–Kier alpha value is -1.18. The topological polar surface area (TPSA) is 12.0 Å². The summed E-state index contributed by atoms with van der Waals surface area (Å²) in [5.74, 6) is 0.556. The first kappa shape index (κ1) is 14.2. The van der Waals surface area contributed by atoms with E-state index in [1.807, 2.05) is 12.1 Å². The van der Waals surface area contributed by atoms with E-state index in [4.69, 9.17) is 23.2 Å². The van der Waals surface area contributed by atoms with Crippen LogP contribution in [-0.2, 0) is 6.54 Å². The van der Waals surface area contributed by atoms with Crippen LogP contribution in [0.2, 0.25) is 10.0 Å². The highest BCUT2D eigenvalue weighted by Gasteiger charge is 2.00. The first-order valence-corrected chi connectivity index (χ1v) is 7.09. The van der Waals surface area contributed by atoms with Gasteiger partial charge in [-0.1, -0.05) is 49.2 Å². The molecule has 0 unspecified atom stereocenters. The predicted molar refractivity (Wildman–Crippen MR) is 84.3 cm³/mol. The van der Waals surface area contributed by atoms with E-state index in [1.54, 1.807) is 6.07 Å². The van der Waals surface area contributed by atoms with Gasteiger partial charge >= 0.3 is 0 Å². The smallest absolute Gasteiger partial charge is 0.0424 e. The Morgan fingerprint density at radius 2 is 1.53 bits per heavy atom. The van der Waals surface area contributed by atoms with Crippen molar-refractivity contribution in [1.29, 1.82) is 0 Å². The van der Waals surface area contributed by atoms with Gasteiger partial charge in [-0.05, 0) is 47.4 Å². The van der Waals surface area contributed by atoms with E-state index >= 15 is 0 Å². The van der Waals surface area contributed by atoms with Gasteiger partial charge in [-0.2, -0.15) is 0 Å². The zero-order valence-corrected chi connectivity index (χ0v) is 12.6. The Kier molecular flexibility index (Phi) is 4.73. The zero-order chi connectivity index (χ0) is 13.8. The lowest BCUT2D eigenvalue weighted by Gasteiger charge is -2.10. The van der Waals surface area contributed by atoms with Crippen molar-refractivity contribution in [3.8, 4) is 0 Å². The molecule has 19 heavy (non-hydrogen) atoms. The van der Waals surface area contributed by atoms with Crippen molar-refractivity contribution in [1.82, 2.24) is 0 Å². The minimum atomic E-state index is 0.556. The number of hydrogen-bond acceptors (Lipinski definition) is 1. The van der Waals surface area contributed by atoms with Crippen LogP contribution in [0.1, 0.15) is 30.9 Å². The fourth-order valence-electron chi connectivity index (χ4n) is 1.90. The zero-order valence-electron chi connectivity index (χ0n) is 11.1. The standard InChI is InChI=1S/C16H17Cl2N/c1-11(2)13-3-5-16(6-4-13)19-10-12-7-14(17)9-15(18)8-12/h3-9,11,19H,10H2,1-2H3. The van der Waals surface area contributed by atoms with Crippen LogP contribution in [-0.4, -0.2) is 0 Å². The molecule has 1 N–H and O–H groups in total.